The van der Waals surface area contributed by atoms with E-state index in [1.54, 1.807) is 6.07 Å². The SMILES string of the molecule is O=C(O)c1cc(-c2ccc(Br)cc2)c2c(OC3CCC3)nn(C3CCCCC3)c2n1. The van der Waals surface area contributed by atoms with Gasteiger partial charge in [-0.05, 0) is 55.9 Å². The lowest BCUT2D eigenvalue weighted by molar-refractivity contribution is 0.0691. The molecule has 0 spiro atoms. The Balaban J connectivity index is 1.74. The molecule has 2 fully saturated rings. The van der Waals surface area contributed by atoms with Crippen LogP contribution >= 0.6 is 15.9 Å². The first-order valence-corrected chi connectivity index (χ1v) is 11.5. The maximum Gasteiger partial charge on any atom is 0.354 e. The lowest BCUT2D eigenvalue weighted by Crippen LogP contribution is -2.25. The Morgan fingerprint density at radius 2 is 1.80 bits per heavy atom. The highest BCUT2D eigenvalue weighted by Gasteiger charge is 2.28. The predicted octanol–water partition coefficient (Wildman–Crippen LogP) is 6.00. The molecule has 30 heavy (non-hydrogen) atoms. The number of pyridine rings is 1. The van der Waals surface area contributed by atoms with Crippen LogP contribution in [0.3, 0.4) is 0 Å². The highest BCUT2D eigenvalue weighted by molar-refractivity contribution is 9.10. The van der Waals surface area contributed by atoms with E-state index in [-0.39, 0.29) is 17.8 Å². The number of carbonyl (C=O) groups is 1. The molecule has 156 valence electrons. The van der Waals surface area contributed by atoms with Crippen LogP contribution in [0.2, 0.25) is 0 Å². The van der Waals surface area contributed by atoms with Gasteiger partial charge in [0.25, 0.3) is 0 Å². The average molecular weight is 470 g/mol. The van der Waals surface area contributed by atoms with E-state index in [1.807, 2.05) is 28.9 Å². The highest BCUT2D eigenvalue weighted by Crippen LogP contribution is 2.40. The average Bonchev–Trinajstić information content (AvgIpc) is 3.10. The molecule has 0 amide bonds. The topological polar surface area (TPSA) is 77.2 Å². The van der Waals surface area contributed by atoms with Crippen LogP contribution in [0.25, 0.3) is 22.2 Å². The van der Waals surface area contributed by atoms with Gasteiger partial charge in [0.05, 0.1) is 11.4 Å². The molecule has 5 rings (SSSR count). The Morgan fingerprint density at radius 3 is 2.43 bits per heavy atom. The van der Waals surface area contributed by atoms with Crippen molar-refractivity contribution >= 4 is 32.9 Å². The third-order valence-corrected chi connectivity index (χ3v) is 6.78. The van der Waals surface area contributed by atoms with Gasteiger partial charge in [-0.2, -0.15) is 0 Å². The van der Waals surface area contributed by atoms with Crippen LogP contribution in [0.1, 0.15) is 67.9 Å². The fourth-order valence-electron chi connectivity index (χ4n) is 4.38. The Kier molecular flexibility index (Phi) is 5.23. The molecule has 3 aromatic rings. The summed E-state index contributed by atoms with van der Waals surface area (Å²) in [5.74, 6) is -0.448. The van der Waals surface area contributed by atoms with E-state index in [2.05, 4.69) is 20.9 Å². The molecule has 1 aromatic carbocycles. The molecule has 6 nitrogen and oxygen atoms in total. The van der Waals surface area contributed by atoms with E-state index in [0.29, 0.717) is 11.5 Å². The first kappa shape index (κ1) is 19.5. The molecule has 0 aliphatic heterocycles. The normalized spacial score (nSPS) is 17.8. The van der Waals surface area contributed by atoms with Gasteiger partial charge in [-0.3, -0.25) is 0 Å². The number of halogens is 1. The second-order valence-electron chi connectivity index (χ2n) is 8.28. The van der Waals surface area contributed by atoms with Crippen molar-refractivity contribution in [1.29, 1.82) is 0 Å². The van der Waals surface area contributed by atoms with Gasteiger partial charge in [0.2, 0.25) is 5.88 Å². The van der Waals surface area contributed by atoms with Crippen molar-refractivity contribution in [3.63, 3.8) is 0 Å². The lowest BCUT2D eigenvalue weighted by Gasteiger charge is -2.25. The molecule has 1 N–H and O–H groups in total. The summed E-state index contributed by atoms with van der Waals surface area (Å²) in [7, 11) is 0. The summed E-state index contributed by atoms with van der Waals surface area (Å²) in [5.41, 5.74) is 2.39. The summed E-state index contributed by atoms with van der Waals surface area (Å²) < 4.78 is 9.21. The molecule has 2 saturated carbocycles. The van der Waals surface area contributed by atoms with Gasteiger partial charge in [0.15, 0.2) is 11.3 Å². The Bertz CT molecular complexity index is 1080. The van der Waals surface area contributed by atoms with Crippen LogP contribution in [0, 0.1) is 0 Å². The third-order valence-electron chi connectivity index (χ3n) is 6.26. The molecule has 0 radical (unpaired) electrons. The fraction of sp³-hybridized carbons (Fsp3) is 0.435. The number of hydrogen-bond acceptors (Lipinski definition) is 4. The number of hydrogen-bond donors (Lipinski definition) is 1. The van der Waals surface area contributed by atoms with E-state index in [1.165, 1.54) is 12.8 Å². The van der Waals surface area contributed by atoms with Crippen molar-refractivity contribution in [2.45, 2.75) is 63.5 Å². The van der Waals surface area contributed by atoms with Crippen LogP contribution in [0.4, 0.5) is 0 Å². The van der Waals surface area contributed by atoms with E-state index >= 15 is 0 Å². The van der Waals surface area contributed by atoms with Crippen LogP contribution in [0.5, 0.6) is 5.88 Å². The molecular formula is C23H24BrN3O3. The zero-order valence-corrected chi connectivity index (χ0v) is 18.3. The first-order valence-electron chi connectivity index (χ1n) is 10.7. The van der Waals surface area contributed by atoms with Crippen LogP contribution in [-0.4, -0.2) is 31.9 Å². The molecule has 2 heterocycles. The van der Waals surface area contributed by atoms with Crippen molar-refractivity contribution in [1.82, 2.24) is 14.8 Å². The smallest absolute Gasteiger partial charge is 0.354 e. The van der Waals surface area contributed by atoms with Gasteiger partial charge < -0.3 is 9.84 Å². The number of aromatic carboxylic acids is 1. The van der Waals surface area contributed by atoms with Crippen molar-refractivity contribution in [2.24, 2.45) is 0 Å². The summed E-state index contributed by atoms with van der Waals surface area (Å²) in [4.78, 5) is 16.4. The maximum absolute atomic E-state index is 11.9. The summed E-state index contributed by atoms with van der Waals surface area (Å²) >= 11 is 3.48. The zero-order chi connectivity index (χ0) is 20.7. The van der Waals surface area contributed by atoms with E-state index in [0.717, 1.165) is 59.5 Å². The predicted molar refractivity (Wildman–Crippen MR) is 118 cm³/mol. The van der Waals surface area contributed by atoms with Crippen molar-refractivity contribution in [2.75, 3.05) is 0 Å². The van der Waals surface area contributed by atoms with Crippen molar-refractivity contribution in [3.05, 3.63) is 40.5 Å². The van der Waals surface area contributed by atoms with Crippen LogP contribution in [0.15, 0.2) is 34.8 Å². The van der Waals surface area contributed by atoms with E-state index in [9.17, 15) is 9.90 Å². The highest BCUT2D eigenvalue weighted by atomic mass is 79.9. The minimum atomic E-state index is -1.03. The number of carboxylic acid groups (broad SMARTS) is 1. The molecule has 0 bridgehead atoms. The monoisotopic (exact) mass is 469 g/mol. The number of carboxylic acids is 1. The summed E-state index contributed by atoms with van der Waals surface area (Å²) in [5, 5.41) is 15.4. The Morgan fingerprint density at radius 1 is 1.07 bits per heavy atom. The minimum absolute atomic E-state index is 0.0348. The number of benzene rings is 1. The second kappa shape index (κ2) is 8.02. The number of ether oxygens (including phenoxy) is 1. The van der Waals surface area contributed by atoms with Gasteiger partial charge in [-0.1, -0.05) is 47.3 Å². The molecule has 2 aliphatic carbocycles. The van der Waals surface area contributed by atoms with Gasteiger partial charge in [0, 0.05) is 10.0 Å². The Labute approximate surface area is 183 Å². The summed E-state index contributed by atoms with van der Waals surface area (Å²) in [6, 6.07) is 9.76. The van der Waals surface area contributed by atoms with Gasteiger partial charge in [0.1, 0.15) is 6.10 Å². The fourth-order valence-corrected chi connectivity index (χ4v) is 4.64. The maximum atomic E-state index is 11.9. The molecule has 0 atom stereocenters. The molecule has 7 heteroatoms. The van der Waals surface area contributed by atoms with Gasteiger partial charge in [-0.25, -0.2) is 14.5 Å². The standard InChI is InChI=1S/C23H24BrN3O3/c24-15-11-9-14(10-12-15)18-13-19(23(28)29)25-21-20(18)22(30-17-7-4-8-17)26-27(21)16-5-2-1-3-6-16/h9-13,16-17H,1-8H2,(H,28,29). The number of rotatable bonds is 5. The lowest BCUT2D eigenvalue weighted by atomic mass is 9.95. The minimum Gasteiger partial charge on any atom is -0.477 e. The molecular weight excluding hydrogens is 446 g/mol. The van der Waals surface area contributed by atoms with E-state index in [4.69, 9.17) is 9.84 Å². The summed E-state index contributed by atoms with van der Waals surface area (Å²) in [6.45, 7) is 0. The van der Waals surface area contributed by atoms with Gasteiger partial charge >= 0.3 is 5.97 Å². The molecule has 2 aliphatic rings. The quantitative estimate of drug-likeness (QED) is 0.495. The number of fused-ring (bicyclic) bond motifs is 1. The number of aromatic nitrogens is 3. The van der Waals surface area contributed by atoms with Crippen molar-refractivity contribution in [3.8, 4) is 17.0 Å². The molecule has 0 unspecified atom stereocenters. The Hall–Kier alpha value is -2.41. The van der Waals surface area contributed by atoms with Crippen LogP contribution in [-0.2, 0) is 0 Å². The van der Waals surface area contributed by atoms with Gasteiger partial charge in [-0.15, -0.1) is 5.10 Å². The third kappa shape index (κ3) is 3.60. The largest absolute Gasteiger partial charge is 0.477 e. The number of nitrogens with zero attached hydrogens (tertiary/aromatic N) is 3. The second-order valence-corrected chi connectivity index (χ2v) is 9.19. The summed E-state index contributed by atoms with van der Waals surface area (Å²) in [6.07, 6.45) is 9.04. The van der Waals surface area contributed by atoms with Crippen LogP contribution < -0.4 is 4.74 Å². The first-order chi connectivity index (χ1) is 14.6. The molecule has 2 aromatic heterocycles. The van der Waals surface area contributed by atoms with E-state index < -0.39 is 5.97 Å². The molecule has 0 saturated heterocycles. The zero-order valence-electron chi connectivity index (χ0n) is 16.7. The van der Waals surface area contributed by atoms with Crippen molar-refractivity contribution < 1.29 is 14.6 Å².